The molecule has 2 rings (SSSR count). The number of hydrogen-bond acceptors (Lipinski definition) is 4. The lowest BCUT2D eigenvalue weighted by Gasteiger charge is -2.17. The molecule has 5 heteroatoms. The maximum absolute atomic E-state index is 13.6. The molecule has 0 aliphatic carbocycles. The third kappa shape index (κ3) is 3.32. The molecule has 1 aromatic heterocycles. The molecule has 1 atom stereocenters. The largest absolute Gasteiger partial charge is 0.464 e. The van der Waals surface area contributed by atoms with Gasteiger partial charge in [-0.2, -0.15) is 0 Å². The van der Waals surface area contributed by atoms with E-state index in [0.717, 1.165) is 4.88 Å². The van der Waals surface area contributed by atoms with Gasteiger partial charge in [0.1, 0.15) is 5.82 Å². The highest BCUT2D eigenvalue weighted by Gasteiger charge is 2.23. The quantitative estimate of drug-likeness (QED) is 0.850. The van der Waals surface area contributed by atoms with Gasteiger partial charge in [0, 0.05) is 4.88 Å². The Kier molecular flexibility index (Phi) is 4.52. The van der Waals surface area contributed by atoms with Gasteiger partial charge in [-0.15, -0.1) is 11.3 Å². The van der Waals surface area contributed by atoms with E-state index in [2.05, 4.69) is 5.32 Å². The van der Waals surface area contributed by atoms with Gasteiger partial charge in [-0.1, -0.05) is 18.2 Å². The summed E-state index contributed by atoms with van der Waals surface area (Å²) in [5.74, 6) is -0.804. The molecule has 2 aromatic rings. The van der Waals surface area contributed by atoms with Crippen LogP contribution in [0.15, 0.2) is 41.8 Å². The Morgan fingerprint density at radius 3 is 2.79 bits per heavy atom. The fourth-order valence-corrected chi connectivity index (χ4v) is 2.42. The first-order chi connectivity index (χ1) is 9.22. The molecular weight excluding hydrogens is 265 g/mol. The number of carbonyl (C=O) groups excluding carboxylic acids is 1. The Bertz CT molecular complexity index is 542. The monoisotopic (exact) mass is 279 g/mol. The van der Waals surface area contributed by atoms with Crippen molar-refractivity contribution in [3.63, 3.8) is 0 Å². The molecule has 1 N–H and O–H groups in total. The van der Waals surface area contributed by atoms with Crippen molar-refractivity contribution in [1.82, 2.24) is 0 Å². The van der Waals surface area contributed by atoms with Crippen LogP contribution in [0.25, 0.3) is 0 Å². The van der Waals surface area contributed by atoms with Crippen molar-refractivity contribution >= 4 is 23.0 Å². The average Bonchev–Trinajstić information content (AvgIpc) is 2.91. The second kappa shape index (κ2) is 6.33. The van der Waals surface area contributed by atoms with Crippen molar-refractivity contribution < 1.29 is 13.9 Å². The molecule has 3 nitrogen and oxygen atoms in total. The van der Waals surface area contributed by atoms with Crippen LogP contribution in [0.1, 0.15) is 17.8 Å². The maximum Gasteiger partial charge on any atom is 0.334 e. The summed E-state index contributed by atoms with van der Waals surface area (Å²) >= 11 is 1.42. The number of halogens is 1. The van der Waals surface area contributed by atoms with E-state index in [1.165, 1.54) is 17.4 Å². The Balaban J connectivity index is 2.24. The first-order valence-electron chi connectivity index (χ1n) is 5.93. The SMILES string of the molecule is CCOC(=O)C(Nc1ccccc1F)c1cccs1. The minimum absolute atomic E-state index is 0.286. The molecule has 1 unspecified atom stereocenters. The summed E-state index contributed by atoms with van der Waals surface area (Å²) in [5, 5.41) is 4.76. The lowest BCUT2D eigenvalue weighted by Crippen LogP contribution is -2.23. The van der Waals surface area contributed by atoms with Crippen LogP contribution in [0.3, 0.4) is 0 Å². The number of anilines is 1. The normalized spacial score (nSPS) is 11.9. The number of hydrogen-bond donors (Lipinski definition) is 1. The smallest absolute Gasteiger partial charge is 0.334 e. The highest BCUT2D eigenvalue weighted by molar-refractivity contribution is 7.10. The van der Waals surface area contributed by atoms with E-state index < -0.39 is 17.8 Å². The molecule has 1 aromatic carbocycles. The number of nitrogens with one attached hydrogen (secondary N) is 1. The molecule has 0 radical (unpaired) electrons. The van der Waals surface area contributed by atoms with E-state index >= 15 is 0 Å². The fourth-order valence-electron chi connectivity index (χ4n) is 1.66. The van der Waals surface area contributed by atoms with Crippen LogP contribution < -0.4 is 5.32 Å². The summed E-state index contributed by atoms with van der Waals surface area (Å²) in [6, 6.07) is 9.23. The van der Waals surface area contributed by atoms with Crippen molar-refractivity contribution in [1.29, 1.82) is 0 Å². The first kappa shape index (κ1) is 13.5. The molecule has 0 aliphatic heterocycles. The van der Waals surface area contributed by atoms with Crippen molar-refractivity contribution in [2.45, 2.75) is 13.0 Å². The molecule has 0 spiro atoms. The van der Waals surface area contributed by atoms with Gasteiger partial charge in [0.05, 0.1) is 12.3 Å². The summed E-state index contributed by atoms with van der Waals surface area (Å²) in [4.78, 5) is 12.8. The highest BCUT2D eigenvalue weighted by Crippen LogP contribution is 2.26. The van der Waals surface area contributed by atoms with Gasteiger partial charge in [0.15, 0.2) is 6.04 Å². The number of carbonyl (C=O) groups is 1. The van der Waals surface area contributed by atoms with Crippen molar-refractivity contribution in [3.05, 3.63) is 52.5 Å². The molecule has 100 valence electrons. The summed E-state index contributed by atoms with van der Waals surface area (Å²) in [6.45, 7) is 2.03. The Morgan fingerprint density at radius 1 is 1.37 bits per heavy atom. The van der Waals surface area contributed by atoms with Crippen molar-refractivity contribution in [2.75, 3.05) is 11.9 Å². The average molecular weight is 279 g/mol. The van der Waals surface area contributed by atoms with Gasteiger partial charge in [0.25, 0.3) is 0 Å². The minimum atomic E-state index is -0.683. The fraction of sp³-hybridized carbons (Fsp3) is 0.214. The van der Waals surface area contributed by atoms with Crippen LogP contribution in [-0.4, -0.2) is 12.6 Å². The van der Waals surface area contributed by atoms with Gasteiger partial charge >= 0.3 is 5.97 Å². The maximum atomic E-state index is 13.6. The summed E-state index contributed by atoms with van der Waals surface area (Å²) in [7, 11) is 0. The second-order valence-electron chi connectivity index (χ2n) is 3.82. The number of thiophene rings is 1. The van der Waals surface area contributed by atoms with Crippen molar-refractivity contribution in [3.8, 4) is 0 Å². The topological polar surface area (TPSA) is 38.3 Å². The van der Waals surface area contributed by atoms with Crippen LogP contribution in [0.4, 0.5) is 10.1 Å². The number of para-hydroxylation sites is 1. The lowest BCUT2D eigenvalue weighted by atomic mass is 10.2. The van der Waals surface area contributed by atoms with Crippen LogP contribution >= 0.6 is 11.3 Å². The first-order valence-corrected chi connectivity index (χ1v) is 6.81. The van der Waals surface area contributed by atoms with Crippen molar-refractivity contribution in [2.24, 2.45) is 0 Å². The van der Waals surface area contributed by atoms with E-state index in [9.17, 15) is 9.18 Å². The molecule has 0 bridgehead atoms. The van der Waals surface area contributed by atoms with Crippen LogP contribution in [0, 0.1) is 5.82 Å². The zero-order valence-electron chi connectivity index (χ0n) is 10.4. The van der Waals surface area contributed by atoms with E-state index in [4.69, 9.17) is 4.74 Å². The molecule has 0 fully saturated rings. The van der Waals surface area contributed by atoms with Crippen LogP contribution in [0.5, 0.6) is 0 Å². The van der Waals surface area contributed by atoms with Gasteiger partial charge in [-0.3, -0.25) is 0 Å². The predicted octanol–water partition coefficient (Wildman–Crippen LogP) is 3.60. The highest BCUT2D eigenvalue weighted by atomic mass is 32.1. The number of ether oxygens (including phenoxy) is 1. The summed E-state index contributed by atoms with van der Waals surface area (Å²) in [6.07, 6.45) is 0. The number of esters is 1. The van der Waals surface area contributed by atoms with E-state index in [-0.39, 0.29) is 5.69 Å². The van der Waals surface area contributed by atoms with Crippen LogP contribution in [0.2, 0.25) is 0 Å². The summed E-state index contributed by atoms with van der Waals surface area (Å²) < 4.78 is 18.7. The third-order valence-electron chi connectivity index (χ3n) is 2.52. The Labute approximate surface area is 115 Å². The standard InChI is InChI=1S/C14H14FNO2S/c1-2-18-14(17)13(12-8-5-9-19-12)16-11-7-4-3-6-10(11)15/h3-9,13,16H,2H2,1H3. The van der Waals surface area contributed by atoms with Gasteiger partial charge in [-0.05, 0) is 30.5 Å². The number of rotatable bonds is 5. The predicted molar refractivity (Wildman–Crippen MR) is 73.7 cm³/mol. The Morgan fingerprint density at radius 2 is 2.16 bits per heavy atom. The molecule has 1 heterocycles. The number of benzene rings is 1. The minimum Gasteiger partial charge on any atom is -0.464 e. The Hall–Kier alpha value is -1.88. The summed E-state index contributed by atoms with van der Waals surface area (Å²) in [5.41, 5.74) is 0.286. The molecule has 19 heavy (non-hydrogen) atoms. The van der Waals surface area contributed by atoms with E-state index in [1.807, 2.05) is 17.5 Å². The zero-order valence-corrected chi connectivity index (χ0v) is 11.2. The van der Waals surface area contributed by atoms with Gasteiger partial charge in [-0.25, -0.2) is 9.18 Å². The molecular formula is C14H14FNO2S. The van der Waals surface area contributed by atoms with Crippen LogP contribution in [-0.2, 0) is 9.53 Å². The molecule has 0 amide bonds. The molecule has 0 aliphatic rings. The van der Waals surface area contributed by atoms with E-state index in [1.54, 1.807) is 25.1 Å². The zero-order chi connectivity index (χ0) is 13.7. The van der Waals surface area contributed by atoms with Gasteiger partial charge in [0.2, 0.25) is 0 Å². The third-order valence-corrected chi connectivity index (χ3v) is 3.46. The second-order valence-corrected chi connectivity index (χ2v) is 4.80. The molecule has 0 saturated carbocycles. The molecule has 0 saturated heterocycles. The lowest BCUT2D eigenvalue weighted by molar-refractivity contribution is -0.144. The van der Waals surface area contributed by atoms with Gasteiger partial charge < -0.3 is 10.1 Å². The van der Waals surface area contributed by atoms with E-state index in [0.29, 0.717) is 6.61 Å².